The van der Waals surface area contributed by atoms with Crippen LogP contribution in [0, 0.1) is 0 Å². The highest BCUT2D eigenvalue weighted by molar-refractivity contribution is 5.24. The molecule has 138 valence electrons. The molecule has 2 saturated heterocycles. The number of nitrogens with zero attached hydrogens (tertiary/aromatic N) is 1. The maximum Gasteiger partial charge on any atom is 0.0706 e. The predicted octanol–water partition coefficient (Wildman–Crippen LogP) is 2.75. The molecule has 0 radical (unpaired) electrons. The Morgan fingerprint density at radius 2 is 1.88 bits per heavy atom. The lowest BCUT2D eigenvalue weighted by Gasteiger charge is -2.23. The number of benzene rings is 1. The van der Waals surface area contributed by atoms with Gasteiger partial charge in [0.15, 0.2) is 0 Å². The molecule has 1 aromatic rings. The molecule has 3 aliphatic rings. The van der Waals surface area contributed by atoms with Gasteiger partial charge in [-0.25, -0.2) is 0 Å². The number of hydrogen-bond donors (Lipinski definition) is 1. The molecule has 0 spiro atoms. The normalized spacial score (nSPS) is 28.2. The Kier molecular flexibility index (Phi) is 6.03. The molecule has 0 aromatic heterocycles. The van der Waals surface area contributed by atoms with E-state index in [4.69, 9.17) is 9.47 Å². The van der Waals surface area contributed by atoms with Gasteiger partial charge in [0, 0.05) is 38.8 Å². The van der Waals surface area contributed by atoms with Crippen LogP contribution in [0.3, 0.4) is 0 Å². The zero-order valence-corrected chi connectivity index (χ0v) is 15.3. The van der Waals surface area contributed by atoms with Crippen LogP contribution >= 0.6 is 0 Å². The quantitative estimate of drug-likeness (QED) is 0.825. The summed E-state index contributed by atoms with van der Waals surface area (Å²) in [6.45, 7) is 6.07. The summed E-state index contributed by atoms with van der Waals surface area (Å²) < 4.78 is 11.9. The lowest BCUT2D eigenvalue weighted by atomic mass is 10.0. The van der Waals surface area contributed by atoms with E-state index < -0.39 is 0 Å². The number of rotatable bonds is 7. The molecule has 2 aliphatic heterocycles. The molecule has 1 saturated carbocycles. The lowest BCUT2D eigenvalue weighted by molar-refractivity contribution is 0.0228. The monoisotopic (exact) mass is 344 g/mol. The summed E-state index contributed by atoms with van der Waals surface area (Å²) in [6, 6.07) is 9.82. The second-order valence-electron chi connectivity index (χ2n) is 7.90. The van der Waals surface area contributed by atoms with Crippen LogP contribution in [0.15, 0.2) is 24.3 Å². The lowest BCUT2D eigenvalue weighted by Crippen LogP contribution is -2.34. The van der Waals surface area contributed by atoms with Crippen LogP contribution < -0.4 is 5.32 Å². The molecule has 1 aliphatic carbocycles. The fourth-order valence-corrected chi connectivity index (χ4v) is 4.01. The Balaban J connectivity index is 1.23. The predicted molar refractivity (Wildman–Crippen MR) is 99.8 cm³/mol. The minimum Gasteiger partial charge on any atom is -0.380 e. The molecule has 4 heteroatoms. The first-order valence-corrected chi connectivity index (χ1v) is 10.1. The summed E-state index contributed by atoms with van der Waals surface area (Å²) >= 11 is 0. The van der Waals surface area contributed by atoms with Crippen molar-refractivity contribution in [1.82, 2.24) is 10.2 Å². The van der Waals surface area contributed by atoms with Gasteiger partial charge in [-0.1, -0.05) is 24.3 Å². The summed E-state index contributed by atoms with van der Waals surface area (Å²) in [6.07, 6.45) is 8.09. The fraction of sp³-hybridized carbons (Fsp3) is 0.714. The average Bonchev–Trinajstić information content (AvgIpc) is 3.40. The van der Waals surface area contributed by atoms with E-state index in [0.717, 1.165) is 58.3 Å². The zero-order chi connectivity index (χ0) is 16.9. The average molecular weight is 344 g/mol. The Hall–Kier alpha value is -0.940. The fourth-order valence-electron chi connectivity index (χ4n) is 4.01. The summed E-state index contributed by atoms with van der Waals surface area (Å²) in [5.74, 6) is 0. The van der Waals surface area contributed by atoms with Crippen LogP contribution in [-0.4, -0.2) is 56.0 Å². The van der Waals surface area contributed by atoms with E-state index in [1.165, 1.54) is 36.8 Å². The van der Waals surface area contributed by atoms with Gasteiger partial charge in [-0.15, -0.1) is 0 Å². The van der Waals surface area contributed by atoms with E-state index in [1.807, 2.05) is 0 Å². The Labute approximate surface area is 151 Å². The summed E-state index contributed by atoms with van der Waals surface area (Å²) in [5.41, 5.74) is 2.83. The van der Waals surface area contributed by atoms with Gasteiger partial charge in [-0.3, -0.25) is 4.90 Å². The Bertz CT molecular complexity index is 538. The van der Waals surface area contributed by atoms with Gasteiger partial charge in [0.05, 0.1) is 18.8 Å². The smallest absolute Gasteiger partial charge is 0.0706 e. The largest absolute Gasteiger partial charge is 0.380 e. The van der Waals surface area contributed by atoms with Crippen molar-refractivity contribution in [3.05, 3.63) is 35.4 Å². The first-order chi connectivity index (χ1) is 12.3. The molecule has 2 heterocycles. The Morgan fingerprint density at radius 1 is 1.00 bits per heavy atom. The van der Waals surface area contributed by atoms with Gasteiger partial charge < -0.3 is 14.8 Å². The summed E-state index contributed by atoms with van der Waals surface area (Å²) in [5, 5.41) is 3.60. The van der Waals surface area contributed by atoms with Crippen LogP contribution in [0.1, 0.15) is 43.2 Å². The molecule has 2 atom stereocenters. The van der Waals surface area contributed by atoms with Gasteiger partial charge in [0.1, 0.15) is 0 Å². The van der Waals surface area contributed by atoms with Crippen molar-refractivity contribution >= 4 is 0 Å². The first kappa shape index (κ1) is 17.5. The van der Waals surface area contributed by atoms with Crippen LogP contribution in [0.25, 0.3) is 0 Å². The topological polar surface area (TPSA) is 33.7 Å². The van der Waals surface area contributed by atoms with E-state index in [0.29, 0.717) is 12.2 Å². The molecular formula is C21H32N2O2. The minimum atomic E-state index is 0.389. The molecule has 0 amide bonds. The first-order valence-electron chi connectivity index (χ1n) is 10.1. The third-order valence-corrected chi connectivity index (χ3v) is 5.60. The van der Waals surface area contributed by atoms with Gasteiger partial charge in [0.2, 0.25) is 0 Å². The standard InChI is InChI=1S/C21H32N2O2/c1-3-17(13-18(4-1)15-22-19-5-6-19)14-20-7-8-21(25-20)16-23-9-2-11-24-12-10-23/h1,3-4,13,19-22H,2,5-12,14-16H2/t20-,21+/m0/s1. The number of ether oxygens (including phenoxy) is 2. The molecule has 0 bridgehead atoms. The van der Waals surface area contributed by atoms with Gasteiger partial charge in [0.25, 0.3) is 0 Å². The highest BCUT2D eigenvalue weighted by atomic mass is 16.5. The van der Waals surface area contributed by atoms with Crippen LogP contribution in [0.4, 0.5) is 0 Å². The van der Waals surface area contributed by atoms with Crippen LogP contribution in [0.5, 0.6) is 0 Å². The van der Waals surface area contributed by atoms with E-state index in [9.17, 15) is 0 Å². The highest BCUT2D eigenvalue weighted by Gasteiger charge is 2.27. The summed E-state index contributed by atoms with van der Waals surface area (Å²) in [4.78, 5) is 2.52. The molecule has 4 nitrogen and oxygen atoms in total. The van der Waals surface area contributed by atoms with E-state index in [1.54, 1.807) is 0 Å². The molecular weight excluding hydrogens is 312 g/mol. The molecule has 25 heavy (non-hydrogen) atoms. The molecule has 3 fully saturated rings. The third kappa shape index (κ3) is 5.52. The highest BCUT2D eigenvalue weighted by Crippen LogP contribution is 2.24. The summed E-state index contributed by atoms with van der Waals surface area (Å²) in [7, 11) is 0. The van der Waals surface area contributed by atoms with Gasteiger partial charge in [-0.05, 0) is 49.7 Å². The van der Waals surface area contributed by atoms with Gasteiger partial charge in [-0.2, -0.15) is 0 Å². The number of hydrogen-bond acceptors (Lipinski definition) is 4. The third-order valence-electron chi connectivity index (χ3n) is 5.60. The van der Waals surface area contributed by atoms with Crippen molar-refractivity contribution in [3.63, 3.8) is 0 Å². The van der Waals surface area contributed by atoms with Crippen molar-refractivity contribution in [2.24, 2.45) is 0 Å². The molecule has 1 aromatic carbocycles. The van der Waals surface area contributed by atoms with E-state index >= 15 is 0 Å². The van der Waals surface area contributed by atoms with E-state index in [2.05, 4.69) is 34.5 Å². The van der Waals surface area contributed by atoms with Crippen molar-refractivity contribution < 1.29 is 9.47 Å². The number of nitrogens with one attached hydrogen (secondary N) is 1. The van der Waals surface area contributed by atoms with Crippen LogP contribution in [0.2, 0.25) is 0 Å². The van der Waals surface area contributed by atoms with Crippen LogP contribution in [-0.2, 0) is 22.4 Å². The molecule has 0 unspecified atom stereocenters. The molecule has 4 rings (SSSR count). The van der Waals surface area contributed by atoms with Crippen molar-refractivity contribution in [3.8, 4) is 0 Å². The van der Waals surface area contributed by atoms with E-state index in [-0.39, 0.29) is 0 Å². The van der Waals surface area contributed by atoms with Crippen molar-refractivity contribution in [2.45, 2.75) is 63.3 Å². The SMILES string of the molecule is c1cc(CNC2CC2)cc(C[C@@H]2CC[C@H](CN3CCCOCC3)O2)c1. The van der Waals surface area contributed by atoms with Crippen molar-refractivity contribution in [1.29, 1.82) is 0 Å². The maximum atomic E-state index is 6.36. The second kappa shape index (κ2) is 8.63. The minimum absolute atomic E-state index is 0.389. The van der Waals surface area contributed by atoms with Gasteiger partial charge >= 0.3 is 0 Å². The Morgan fingerprint density at radius 3 is 2.80 bits per heavy atom. The zero-order valence-electron chi connectivity index (χ0n) is 15.3. The van der Waals surface area contributed by atoms with Crippen molar-refractivity contribution in [2.75, 3.05) is 32.8 Å². The maximum absolute atomic E-state index is 6.36. The molecule has 1 N–H and O–H groups in total. The second-order valence-corrected chi connectivity index (χ2v) is 7.90.